The zero-order valence-electron chi connectivity index (χ0n) is 18.5. The van der Waals surface area contributed by atoms with Crippen LogP contribution in [0.3, 0.4) is 0 Å². The summed E-state index contributed by atoms with van der Waals surface area (Å²) in [6.45, 7) is -0.199. The molecular weight excluding hydrogens is 607 g/mol. The predicted octanol–water partition coefficient (Wildman–Crippen LogP) is 9.30. The van der Waals surface area contributed by atoms with Gasteiger partial charge in [-0.25, -0.2) is 9.37 Å². The number of benzene rings is 2. The second-order valence-corrected chi connectivity index (χ2v) is 9.34. The number of rotatable bonds is 6. The van der Waals surface area contributed by atoms with Gasteiger partial charge in [-0.3, -0.25) is 4.79 Å². The largest absolute Gasteiger partial charge is 0.417 e. The van der Waals surface area contributed by atoms with Gasteiger partial charge in [0.05, 0.1) is 26.2 Å². The summed E-state index contributed by atoms with van der Waals surface area (Å²) >= 11 is 23.0. The topological polar surface area (TPSA) is 42.0 Å². The third kappa shape index (κ3) is 7.31. The third-order valence-electron chi connectivity index (χ3n) is 5.12. The van der Waals surface area contributed by atoms with E-state index in [4.69, 9.17) is 46.4 Å². The van der Waals surface area contributed by atoms with Crippen molar-refractivity contribution in [2.75, 3.05) is 0 Å². The highest BCUT2D eigenvalue weighted by molar-refractivity contribution is 6.48. The zero-order valence-corrected chi connectivity index (χ0v) is 21.5. The van der Waals surface area contributed by atoms with Crippen LogP contribution >= 0.6 is 46.4 Å². The van der Waals surface area contributed by atoms with Crippen molar-refractivity contribution in [2.45, 2.75) is 24.8 Å². The number of pyridine rings is 1. The van der Waals surface area contributed by atoms with Crippen LogP contribution in [0.15, 0.2) is 54.7 Å². The molecule has 3 rings (SSSR count). The van der Waals surface area contributed by atoms with Crippen molar-refractivity contribution >= 4 is 58.1 Å². The van der Waals surface area contributed by atoms with Crippen molar-refractivity contribution in [1.82, 2.24) is 10.3 Å². The molecule has 1 heterocycles. The molecule has 1 unspecified atom stereocenters. The molecule has 1 aromatic heterocycles. The van der Waals surface area contributed by atoms with Crippen LogP contribution in [0.4, 0.5) is 30.7 Å². The third-order valence-corrected chi connectivity index (χ3v) is 6.54. The van der Waals surface area contributed by atoms with E-state index in [1.807, 2.05) is 0 Å². The summed E-state index contributed by atoms with van der Waals surface area (Å²) in [7, 11) is 0. The molecule has 0 spiro atoms. The maximum Gasteiger partial charge on any atom is 0.417 e. The van der Waals surface area contributed by atoms with Crippen LogP contribution in [0.1, 0.15) is 38.5 Å². The first-order valence-corrected chi connectivity index (χ1v) is 11.8. The second kappa shape index (κ2) is 11.7. The molecular formula is C24H13Cl4F7N2O. The highest BCUT2D eigenvalue weighted by Crippen LogP contribution is 2.42. The number of amides is 1. The molecule has 0 radical (unpaired) electrons. The molecule has 0 saturated carbocycles. The Labute approximate surface area is 231 Å². The summed E-state index contributed by atoms with van der Waals surface area (Å²) in [5, 5.41) is 1.55. The van der Waals surface area contributed by atoms with Gasteiger partial charge in [-0.1, -0.05) is 58.5 Å². The van der Waals surface area contributed by atoms with Crippen molar-refractivity contribution < 1.29 is 35.5 Å². The normalized spacial score (nSPS) is 13.4. The molecule has 2 aromatic carbocycles. The van der Waals surface area contributed by atoms with Crippen molar-refractivity contribution in [3.05, 3.63) is 103 Å². The van der Waals surface area contributed by atoms with Crippen LogP contribution in [0.25, 0.3) is 5.83 Å². The number of allylic oxidation sites excluding steroid dienone is 1. The summed E-state index contributed by atoms with van der Waals surface area (Å²) in [6, 6.07) is 6.22. The number of carbonyl (C=O) groups excluding carboxylic acids is 1. The predicted molar refractivity (Wildman–Crippen MR) is 131 cm³/mol. The molecule has 1 amide bonds. The Balaban J connectivity index is 1.97. The summed E-state index contributed by atoms with van der Waals surface area (Å²) < 4.78 is 97.4. The maximum absolute atomic E-state index is 15.0. The summed E-state index contributed by atoms with van der Waals surface area (Å²) in [5.41, 5.74) is -3.40. The number of hydrogen-bond donors (Lipinski definition) is 1. The van der Waals surface area contributed by atoms with Crippen molar-refractivity contribution in [1.29, 1.82) is 0 Å². The van der Waals surface area contributed by atoms with E-state index in [1.165, 1.54) is 18.3 Å². The molecule has 0 bridgehead atoms. The molecule has 0 saturated heterocycles. The van der Waals surface area contributed by atoms with Crippen LogP contribution < -0.4 is 5.32 Å². The van der Waals surface area contributed by atoms with Crippen LogP contribution in [-0.4, -0.2) is 17.1 Å². The zero-order chi connectivity index (χ0) is 28.4. The lowest BCUT2D eigenvalue weighted by atomic mass is 9.95. The van der Waals surface area contributed by atoms with Crippen LogP contribution in [0.2, 0.25) is 20.2 Å². The maximum atomic E-state index is 15.0. The smallest absolute Gasteiger partial charge is 0.348 e. The van der Waals surface area contributed by atoms with E-state index in [0.717, 1.165) is 18.2 Å². The first-order chi connectivity index (χ1) is 17.6. The fourth-order valence-corrected chi connectivity index (χ4v) is 4.02. The minimum absolute atomic E-state index is 0.0820. The van der Waals surface area contributed by atoms with Crippen LogP contribution in [0.5, 0.6) is 0 Å². The summed E-state index contributed by atoms with van der Waals surface area (Å²) in [6.07, 6.45) is -8.82. The Hall–Kier alpha value is -2.53. The lowest BCUT2D eigenvalue weighted by Crippen LogP contribution is -2.26. The first-order valence-electron chi connectivity index (χ1n) is 10.3. The van der Waals surface area contributed by atoms with Gasteiger partial charge in [-0.15, -0.1) is 0 Å². The molecule has 0 aliphatic carbocycles. The van der Waals surface area contributed by atoms with E-state index in [0.29, 0.717) is 11.6 Å². The second-order valence-electron chi connectivity index (χ2n) is 7.76. The fraction of sp³-hybridized carbons (Fsp3) is 0.167. The van der Waals surface area contributed by atoms with Gasteiger partial charge in [0.2, 0.25) is 0 Å². The quantitative estimate of drug-likeness (QED) is 0.170. The molecule has 0 aliphatic heterocycles. The molecule has 0 aliphatic rings. The Morgan fingerprint density at radius 1 is 0.947 bits per heavy atom. The van der Waals surface area contributed by atoms with Crippen molar-refractivity contribution in [3.8, 4) is 0 Å². The van der Waals surface area contributed by atoms with Gasteiger partial charge in [0.15, 0.2) is 0 Å². The van der Waals surface area contributed by atoms with Crippen molar-refractivity contribution in [3.63, 3.8) is 0 Å². The van der Waals surface area contributed by atoms with E-state index in [9.17, 15) is 35.5 Å². The molecule has 38 heavy (non-hydrogen) atoms. The molecule has 3 aromatic rings. The van der Waals surface area contributed by atoms with Gasteiger partial charge in [0.25, 0.3) is 5.91 Å². The number of alkyl halides is 6. The average Bonchev–Trinajstić information content (AvgIpc) is 2.83. The number of halogens is 11. The SMILES string of the molecule is O=C(NCc1ccc(Cl)nc1)c1ccc(C(F)=CC(c2cc(Cl)c(Cl)c(Cl)c2)C(F)(F)F)cc1C(F)(F)F. The highest BCUT2D eigenvalue weighted by Gasteiger charge is 2.41. The number of nitrogens with one attached hydrogen (secondary N) is 1. The Morgan fingerprint density at radius 2 is 1.58 bits per heavy atom. The molecule has 3 nitrogen and oxygen atoms in total. The molecule has 1 atom stereocenters. The number of hydrogen-bond acceptors (Lipinski definition) is 2. The highest BCUT2D eigenvalue weighted by atomic mass is 35.5. The fourth-order valence-electron chi connectivity index (χ4n) is 3.29. The van der Waals surface area contributed by atoms with Gasteiger partial charge in [0, 0.05) is 18.3 Å². The first kappa shape index (κ1) is 30.0. The Kier molecular flexibility index (Phi) is 9.24. The van der Waals surface area contributed by atoms with Gasteiger partial charge in [-0.2, -0.15) is 26.3 Å². The molecule has 14 heteroatoms. The summed E-state index contributed by atoms with van der Waals surface area (Å²) in [5.74, 6) is -5.40. The lowest BCUT2D eigenvalue weighted by molar-refractivity contribution is -0.140. The van der Waals surface area contributed by atoms with E-state index >= 15 is 0 Å². The summed E-state index contributed by atoms with van der Waals surface area (Å²) in [4.78, 5) is 16.2. The number of aromatic nitrogens is 1. The molecule has 1 N–H and O–H groups in total. The average molecular weight is 620 g/mol. The van der Waals surface area contributed by atoms with E-state index in [1.54, 1.807) is 0 Å². The minimum Gasteiger partial charge on any atom is -0.348 e. The number of carbonyl (C=O) groups is 1. The van der Waals surface area contributed by atoms with Gasteiger partial charge < -0.3 is 5.32 Å². The van der Waals surface area contributed by atoms with Crippen molar-refractivity contribution in [2.24, 2.45) is 0 Å². The van der Waals surface area contributed by atoms with Crippen LogP contribution in [0, 0.1) is 0 Å². The van der Waals surface area contributed by atoms with Crippen LogP contribution in [-0.2, 0) is 12.7 Å². The molecule has 0 fully saturated rings. The van der Waals surface area contributed by atoms with E-state index < -0.39 is 52.3 Å². The van der Waals surface area contributed by atoms with E-state index in [-0.39, 0.29) is 38.9 Å². The lowest BCUT2D eigenvalue weighted by Gasteiger charge is -2.19. The standard InChI is InChI=1S/C24H13Cl4F7N2O/c25-17-6-13(7-18(26)21(17)28)15(23(30,31)32)8-19(29)12-2-3-14(16(5-12)24(33,34)35)22(38)37-10-11-1-4-20(27)36-9-11/h1-9,15H,10H2,(H,37,38). The van der Waals surface area contributed by atoms with Gasteiger partial charge in [0.1, 0.15) is 16.9 Å². The number of nitrogens with zero attached hydrogens (tertiary/aromatic N) is 1. The van der Waals surface area contributed by atoms with E-state index in [2.05, 4.69) is 10.3 Å². The van der Waals surface area contributed by atoms with Gasteiger partial charge in [-0.05, 0) is 47.5 Å². The Morgan fingerprint density at radius 3 is 2.11 bits per heavy atom. The minimum atomic E-state index is -5.13. The van der Waals surface area contributed by atoms with Gasteiger partial charge >= 0.3 is 12.4 Å². The molecule has 202 valence electrons. The Bertz CT molecular complexity index is 1350. The monoisotopic (exact) mass is 618 g/mol.